The number of rotatable bonds is 3. The minimum atomic E-state index is 0.503. The van der Waals surface area contributed by atoms with Crippen molar-refractivity contribution in [1.82, 2.24) is 20.0 Å². The molecule has 4 rings (SSSR count). The van der Waals surface area contributed by atoms with Crippen LogP contribution in [-0.2, 0) is 0 Å². The van der Waals surface area contributed by atoms with Crippen molar-refractivity contribution in [3.05, 3.63) is 64.0 Å². The van der Waals surface area contributed by atoms with E-state index in [0.29, 0.717) is 11.5 Å². The van der Waals surface area contributed by atoms with Crippen LogP contribution in [0.25, 0.3) is 27.6 Å². The molecule has 2 aromatic carbocycles. The van der Waals surface area contributed by atoms with Gasteiger partial charge in [0, 0.05) is 10.9 Å². The van der Waals surface area contributed by atoms with Crippen LogP contribution in [0.5, 0.6) is 0 Å². The first-order valence-corrected chi connectivity index (χ1v) is 9.64. The Morgan fingerprint density at radius 2 is 1.63 bits per heavy atom. The van der Waals surface area contributed by atoms with Gasteiger partial charge in [0.2, 0.25) is 0 Å². The van der Waals surface area contributed by atoms with Gasteiger partial charge in [-0.3, -0.25) is 0 Å². The van der Waals surface area contributed by atoms with Gasteiger partial charge in [-0.05, 0) is 44.9 Å². The molecule has 0 aliphatic rings. The number of thiazole rings is 1. The Morgan fingerprint density at radius 1 is 0.926 bits per heavy atom. The summed E-state index contributed by atoms with van der Waals surface area (Å²) in [5.41, 5.74) is 14.8. The van der Waals surface area contributed by atoms with Crippen molar-refractivity contribution < 1.29 is 0 Å². The molecule has 0 fully saturated rings. The van der Waals surface area contributed by atoms with E-state index in [1.165, 1.54) is 28.0 Å². The van der Waals surface area contributed by atoms with Crippen LogP contribution in [0, 0.1) is 27.7 Å². The zero-order valence-electron chi connectivity index (χ0n) is 15.8. The first-order valence-electron chi connectivity index (χ1n) is 8.76. The molecule has 2 heterocycles. The van der Waals surface area contributed by atoms with E-state index in [9.17, 15) is 0 Å². The molecule has 0 unspecified atom stereocenters. The molecule has 0 bridgehead atoms. The van der Waals surface area contributed by atoms with Crippen LogP contribution in [0.15, 0.2) is 41.8 Å². The monoisotopic (exact) mass is 375 g/mol. The SMILES string of the molecule is Cc1ccc(-c2csc(-c3nnn(-c4ccc(C)cc4C)c3N)n2)c(C)c1. The average molecular weight is 376 g/mol. The van der Waals surface area contributed by atoms with Gasteiger partial charge in [-0.25, -0.2) is 4.98 Å². The number of nitrogen functional groups attached to an aromatic ring is 1. The van der Waals surface area contributed by atoms with Crippen molar-refractivity contribution in [2.45, 2.75) is 27.7 Å². The van der Waals surface area contributed by atoms with E-state index in [1.807, 2.05) is 24.4 Å². The predicted molar refractivity (Wildman–Crippen MR) is 111 cm³/mol. The second-order valence-corrected chi connectivity index (χ2v) is 7.74. The number of hydrogen-bond acceptors (Lipinski definition) is 5. The van der Waals surface area contributed by atoms with Crippen molar-refractivity contribution in [3.63, 3.8) is 0 Å². The molecule has 0 saturated carbocycles. The second-order valence-electron chi connectivity index (χ2n) is 6.88. The van der Waals surface area contributed by atoms with Gasteiger partial charge < -0.3 is 5.73 Å². The third kappa shape index (κ3) is 3.13. The first kappa shape index (κ1) is 17.4. The fraction of sp³-hybridized carbons (Fsp3) is 0.190. The molecule has 0 spiro atoms. The zero-order valence-corrected chi connectivity index (χ0v) is 16.6. The predicted octanol–water partition coefficient (Wildman–Crippen LogP) is 4.87. The molecular weight excluding hydrogens is 354 g/mol. The van der Waals surface area contributed by atoms with Gasteiger partial charge in [-0.1, -0.05) is 46.7 Å². The molecule has 0 amide bonds. The third-order valence-electron chi connectivity index (χ3n) is 4.65. The Kier molecular flexibility index (Phi) is 4.28. The van der Waals surface area contributed by atoms with Crippen molar-refractivity contribution >= 4 is 17.2 Å². The highest BCUT2D eigenvalue weighted by molar-refractivity contribution is 7.13. The summed E-state index contributed by atoms with van der Waals surface area (Å²) in [4.78, 5) is 4.77. The van der Waals surface area contributed by atoms with Gasteiger partial charge in [0.05, 0.1) is 11.4 Å². The fourth-order valence-corrected chi connectivity index (χ4v) is 4.08. The number of aryl methyl sites for hydroxylation is 4. The number of nitrogens with zero attached hydrogens (tertiary/aromatic N) is 4. The van der Waals surface area contributed by atoms with E-state index in [-0.39, 0.29) is 0 Å². The van der Waals surface area contributed by atoms with Crippen LogP contribution in [0.4, 0.5) is 5.82 Å². The van der Waals surface area contributed by atoms with Gasteiger partial charge in [0.1, 0.15) is 5.01 Å². The molecule has 0 atom stereocenters. The Morgan fingerprint density at radius 3 is 2.33 bits per heavy atom. The molecule has 0 aliphatic carbocycles. The molecule has 0 radical (unpaired) electrons. The van der Waals surface area contributed by atoms with Crippen LogP contribution >= 0.6 is 11.3 Å². The topological polar surface area (TPSA) is 69.6 Å². The minimum Gasteiger partial charge on any atom is -0.382 e. The lowest BCUT2D eigenvalue weighted by Crippen LogP contribution is -2.04. The molecule has 4 aromatic rings. The quantitative estimate of drug-likeness (QED) is 0.554. The molecule has 136 valence electrons. The highest BCUT2D eigenvalue weighted by atomic mass is 32.1. The normalized spacial score (nSPS) is 11.1. The summed E-state index contributed by atoms with van der Waals surface area (Å²) in [5, 5.41) is 11.4. The van der Waals surface area contributed by atoms with E-state index >= 15 is 0 Å². The number of benzene rings is 2. The van der Waals surface area contributed by atoms with Gasteiger partial charge in [-0.15, -0.1) is 16.4 Å². The number of anilines is 1. The number of nitrogens with two attached hydrogens (primary N) is 1. The standard InChI is InChI=1S/C21H21N5S/c1-12-5-7-16(14(3)9-12)17-11-27-21(23-17)19-20(22)26(25-24-19)18-8-6-13(2)10-15(18)4/h5-11H,22H2,1-4H3. The first-order chi connectivity index (χ1) is 12.9. The number of aromatic nitrogens is 4. The maximum Gasteiger partial charge on any atom is 0.165 e. The van der Waals surface area contributed by atoms with Crippen LogP contribution in [0.1, 0.15) is 22.3 Å². The maximum atomic E-state index is 6.38. The van der Waals surface area contributed by atoms with E-state index < -0.39 is 0 Å². The Bertz CT molecular complexity index is 1140. The minimum absolute atomic E-state index is 0.503. The van der Waals surface area contributed by atoms with Crippen LogP contribution < -0.4 is 5.73 Å². The molecule has 2 N–H and O–H groups in total. The number of hydrogen-bond donors (Lipinski definition) is 1. The summed E-state index contributed by atoms with van der Waals surface area (Å²) in [7, 11) is 0. The molecule has 6 heteroatoms. The molecule has 0 aliphatic heterocycles. The molecule has 27 heavy (non-hydrogen) atoms. The highest BCUT2D eigenvalue weighted by Gasteiger charge is 2.18. The van der Waals surface area contributed by atoms with E-state index in [2.05, 4.69) is 55.3 Å². The molecule has 0 saturated heterocycles. The van der Waals surface area contributed by atoms with Gasteiger partial charge >= 0.3 is 0 Å². The summed E-state index contributed by atoms with van der Waals surface area (Å²) in [5.74, 6) is 0.503. The van der Waals surface area contributed by atoms with Crippen molar-refractivity contribution in [2.24, 2.45) is 0 Å². The van der Waals surface area contributed by atoms with E-state index in [1.54, 1.807) is 4.68 Å². The lowest BCUT2D eigenvalue weighted by Gasteiger charge is -2.07. The second kappa shape index (κ2) is 6.63. The summed E-state index contributed by atoms with van der Waals surface area (Å²) in [6.45, 7) is 8.31. The Hall–Kier alpha value is -2.99. The van der Waals surface area contributed by atoms with Crippen LogP contribution in [0.2, 0.25) is 0 Å². The molecule has 2 aromatic heterocycles. The maximum absolute atomic E-state index is 6.38. The van der Waals surface area contributed by atoms with Crippen molar-refractivity contribution in [3.8, 4) is 27.6 Å². The fourth-order valence-electron chi connectivity index (χ4n) is 3.27. The Balaban J connectivity index is 1.73. The smallest absolute Gasteiger partial charge is 0.165 e. The van der Waals surface area contributed by atoms with E-state index in [4.69, 9.17) is 10.7 Å². The summed E-state index contributed by atoms with van der Waals surface area (Å²) < 4.78 is 1.68. The molecular formula is C21H21N5S. The third-order valence-corrected chi connectivity index (χ3v) is 5.50. The summed E-state index contributed by atoms with van der Waals surface area (Å²) in [6, 6.07) is 12.6. The highest BCUT2D eigenvalue weighted by Crippen LogP contribution is 2.33. The van der Waals surface area contributed by atoms with Crippen LogP contribution in [-0.4, -0.2) is 20.0 Å². The van der Waals surface area contributed by atoms with Gasteiger partial charge in [0.15, 0.2) is 11.5 Å². The van der Waals surface area contributed by atoms with Gasteiger partial charge in [0.25, 0.3) is 0 Å². The average Bonchev–Trinajstić information content (AvgIpc) is 3.22. The zero-order chi connectivity index (χ0) is 19.1. The van der Waals surface area contributed by atoms with Crippen LogP contribution in [0.3, 0.4) is 0 Å². The lowest BCUT2D eigenvalue weighted by atomic mass is 10.0. The van der Waals surface area contributed by atoms with E-state index in [0.717, 1.165) is 27.5 Å². The van der Waals surface area contributed by atoms with Crippen molar-refractivity contribution in [1.29, 1.82) is 0 Å². The molecule has 5 nitrogen and oxygen atoms in total. The lowest BCUT2D eigenvalue weighted by molar-refractivity contribution is 0.805. The summed E-state index contributed by atoms with van der Waals surface area (Å²) in [6.07, 6.45) is 0. The largest absolute Gasteiger partial charge is 0.382 e. The Labute approximate surface area is 162 Å². The van der Waals surface area contributed by atoms with Crippen molar-refractivity contribution in [2.75, 3.05) is 5.73 Å². The summed E-state index contributed by atoms with van der Waals surface area (Å²) >= 11 is 1.53. The van der Waals surface area contributed by atoms with Gasteiger partial charge in [-0.2, -0.15) is 4.68 Å².